The molecule has 0 spiro atoms. The number of furan rings is 1. The number of hydrogen-bond donors (Lipinski definition) is 0. The van der Waals surface area contributed by atoms with E-state index in [-0.39, 0.29) is 18.9 Å². The average molecular weight is 954 g/mol. The van der Waals surface area contributed by atoms with Crippen molar-refractivity contribution in [3.8, 4) is 45.1 Å². The number of nitrogens with zero attached hydrogens (tertiary/aromatic N) is 3. The number of para-hydroxylation sites is 4. The standard InChI is InChI=1S/C67H48BN3O3/c1-42-33-59-64-60(34-42)71(49-22-11-6-12-23-49)65-57(31-32-62-66(65)73-41-72-62)68(64)56-30-28-50(69(47-18-7-4-8-19-47)48-20-9-5-10-21-48)40-58(56)70(59)51-36-45(35-46(37-51)63-39-44-17-13-16-26-61(44)74-63)43-27-29-53-52-24-14-15-25-54(52)67(2,3)55(53)38-43/h4-40H,41H2,1-3H3. The van der Waals surface area contributed by atoms with Crippen LogP contribution in [0.1, 0.15) is 30.5 Å². The number of fused-ring (bicyclic) bond motifs is 10. The quantitative estimate of drug-likeness (QED) is 0.148. The second-order valence-corrected chi connectivity index (χ2v) is 20.5. The predicted molar refractivity (Wildman–Crippen MR) is 304 cm³/mol. The number of hydrogen-bond acceptors (Lipinski definition) is 6. The number of anilines is 9. The van der Waals surface area contributed by atoms with Gasteiger partial charge in [0.1, 0.15) is 11.3 Å². The first kappa shape index (κ1) is 42.5. The summed E-state index contributed by atoms with van der Waals surface area (Å²) in [5.41, 5.74) is 23.5. The second-order valence-electron chi connectivity index (χ2n) is 20.5. The van der Waals surface area contributed by atoms with Crippen LogP contribution in [0.5, 0.6) is 11.5 Å². The van der Waals surface area contributed by atoms with Gasteiger partial charge in [-0.15, -0.1) is 0 Å². The van der Waals surface area contributed by atoms with E-state index in [1.807, 2.05) is 6.07 Å². The fourth-order valence-corrected chi connectivity index (χ4v) is 12.5. The summed E-state index contributed by atoms with van der Waals surface area (Å²) in [6, 6.07) is 81.7. The third-order valence-corrected chi connectivity index (χ3v) is 15.8. The largest absolute Gasteiger partial charge is 0.456 e. The highest BCUT2D eigenvalue weighted by molar-refractivity contribution is 7.00. The zero-order valence-corrected chi connectivity index (χ0v) is 41.2. The van der Waals surface area contributed by atoms with Gasteiger partial charge in [0.2, 0.25) is 6.79 Å². The Bertz CT molecular complexity index is 4000. The van der Waals surface area contributed by atoms with Crippen LogP contribution in [0.15, 0.2) is 229 Å². The van der Waals surface area contributed by atoms with E-state index >= 15 is 0 Å². The topological polar surface area (TPSA) is 41.3 Å². The van der Waals surface area contributed by atoms with Crippen molar-refractivity contribution in [2.75, 3.05) is 21.5 Å². The normalized spacial score (nSPS) is 14.1. The summed E-state index contributed by atoms with van der Waals surface area (Å²) in [5.74, 6) is 2.34. The maximum absolute atomic E-state index is 6.79. The third kappa shape index (κ3) is 6.39. The minimum Gasteiger partial charge on any atom is -0.456 e. The van der Waals surface area contributed by atoms with E-state index in [2.05, 4.69) is 254 Å². The molecule has 7 heteroatoms. The lowest BCUT2D eigenvalue weighted by atomic mass is 9.33. The first-order chi connectivity index (χ1) is 36.4. The van der Waals surface area contributed by atoms with Gasteiger partial charge in [0.15, 0.2) is 11.5 Å². The Morgan fingerprint density at radius 3 is 1.95 bits per heavy atom. The van der Waals surface area contributed by atoms with Crippen LogP contribution in [0.2, 0.25) is 0 Å². The van der Waals surface area contributed by atoms with Gasteiger partial charge in [-0.1, -0.05) is 135 Å². The lowest BCUT2D eigenvalue weighted by molar-refractivity contribution is 0.174. The van der Waals surface area contributed by atoms with Crippen LogP contribution in [0, 0.1) is 6.92 Å². The van der Waals surface area contributed by atoms with Gasteiger partial charge in [0.25, 0.3) is 6.71 Å². The van der Waals surface area contributed by atoms with Crippen molar-refractivity contribution in [2.24, 2.45) is 0 Å². The molecule has 0 unspecified atom stereocenters. The summed E-state index contributed by atoms with van der Waals surface area (Å²) in [6.45, 7) is 6.96. The smallest absolute Gasteiger partial charge is 0.252 e. The molecule has 0 radical (unpaired) electrons. The van der Waals surface area contributed by atoms with Crippen molar-refractivity contribution in [1.82, 2.24) is 0 Å². The zero-order valence-electron chi connectivity index (χ0n) is 41.2. The molecular weight excluding hydrogens is 906 g/mol. The molecule has 0 N–H and O–H groups in total. The monoisotopic (exact) mass is 953 g/mol. The molecule has 0 bridgehead atoms. The molecular formula is C67H48BN3O3. The molecule has 1 aromatic heterocycles. The van der Waals surface area contributed by atoms with Crippen LogP contribution in [-0.4, -0.2) is 13.5 Å². The minimum absolute atomic E-state index is 0.147. The average Bonchev–Trinajstić information content (AvgIpc) is 4.17. The molecule has 0 saturated carbocycles. The molecule has 4 aliphatic rings. The Kier molecular flexibility index (Phi) is 9.28. The van der Waals surface area contributed by atoms with Crippen LogP contribution in [-0.2, 0) is 5.41 Å². The molecule has 0 fully saturated rings. The number of aryl methyl sites for hydroxylation is 1. The van der Waals surface area contributed by atoms with Crippen LogP contribution in [0.3, 0.4) is 0 Å². The van der Waals surface area contributed by atoms with Gasteiger partial charge in [0, 0.05) is 61.9 Å². The number of ether oxygens (including phenoxy) is 2. The summed E-state index contributed by atoms with van der Waals surface area (Å²) >= 11 is 0. The van der Waals surface area contributed by atoms with Crippen LogP contribution in [0.4, 0.5) is 51.2 Å². The Balaban J connectivity index is 1.02. The van der Waals surface area contributed by atoms with Crippen LogP contribution < -0.4 is 40.6 Å². The van der Waals surface area contributed by atoms with Crippen molar-refractivity contribution in [3.05, 3.63) is 241 Å². The Morgan fingerprint density at radius 1 is 0.486 bits per heavy atom. The second kappa shape index (κ2) is 16.2. The summed E-state index contributed by atoms with van der Waals surface area (Å²) in [7, 11) is 0. The predicted octanol–water partition coefficient (Wildman–Crippen LogP) is 15.7. The molecule has 6 nitrogen and oxygen atoms in total. The summed E-state index contributed by atoms with van der Waals surface area (Å²) in [4.78, 5) is 7.29. The van der Waals surface area contributed by atoms with E-state index in [0.717, 1.165) is 107 Å². The molecule has 0 saturated heterocycles. The van der Waals surface area contributed by atoms with E-state index < -0.39 is 0 Å². The summed E-state index contributed by atoms with van der Waals surface area (Å²) < 4.78 is 19.4. The Hall–Kier alpha value is -9.20. The van der Waals surface area contributed by atoms with Crippen molar-refractivity contribution < 1.29 is 13.9 Å². The van der Waals surface area contributed by atoms with Gasteiger partial charge in [-0.25, -0.2) is 0 Å². The van der Waals surface area contributed by atoms with E-state index in [1.54, 1.807) is 0 Å². The molecule has 0 amide bonds. The van der Waals surface area contributed by atoms with Crippen LogP contribution >= 0.6 is 0 Å². The number of benzene rings is 10. The Labute approximate surface area is 431 Å². The minimum atomic E-state index is -0.166. The molecule has 3 aliphatic heterocycles. The van der Waals surface area contributed by atoms with Crippen LogP contribution in [0.25, 0.3) is 44.5 Å². The fraction of sp³-hybridized carbons (Fsp3) is 0.0746. The van der Waals surface area contributed by atoms with Crippen molar-refractivity contribution in [2.45, 2.75) is 26.2 Å². The maximum atomic E-state index is 6.79. The highest BCUT2D eigenvalue weighted by Crippen LogP contribution is 2.53. The molecule has 11 aromatic rings. The molecule has 1 aliphatic carbocycles. The van der Waals surface area contributed by atoms with Gasteiger partial charge in [-0.05, 0) is 165 Å². The summed E-state index contributed by atoms with van der Waals surface area (Å²) in [5, 5.41) is 1.07. The van der Waals surface area contributed by atoms with E-state index in [0.29, 0.717) is 0 Å². The van der Waals surface area contributed by atoms with Gasteiger partial charge in [-0.3, -0.25) is 0 Å². The van der Waals surface area contributed by atoms with Crippen molar-refractivity contribution in [3.63, 3.8) is 0 Å². The first-order valence-electron chi connectivity index (χ1n) is 25.5. The molecule has 0 atom stereocenters. The van der Waals surface area contributed by atoms with Gasteiger partial charge >= 0.3 is 0 Å². The molecule has 4 heterocycles. The molecule has 10 aromatic carbocycles. The van der Waals surface area contributed by atoms with E-state index in [4.69, 9.17) is 13.9 Å². The molecule has 15 rings (SSSR count). The maximum Gasteiger partial charge on any atom is 0.252 e. The van der Waals surface area contributed by atoms with Gasteiger partial charge in [0.05, 0.1) is 5.69 Å². The van der Waals surface area contributed by atoms with Crippen molar-refractivity contribution >= 4 is 85.3 Å². The van der Waals surface area contributed by atoms with Gasteiger partial charge in [-0.2, -0.15) is 0 Å². The van der Waals surface area contributed by atoms with E-state index in [1.165, 1.54) is 33.2 Å². The SMILES string of the molecule is Cc1cc2c3c(c1)N(c1ccccc1)c1c(ccc4c1OCO4)B3c1ccc(N(c3ccccc3)c3ccccc3)cc1N2c1cc(-c2ccc3c(c2)C(C)(C)c2ccccc2-3)cc(-c2cc3ccccc3o2)c1. The molecule has 352 valence electrons. The number of rotatable bonds is 7. The van der Waals surface area contributed by atoms with E-state index in [9.17, 15) is 0 Å². The fourth-order valence-electron chi connectivity index (χ4n) is 12.5. The lowest BCUT2D eigenvalue weighted by Crippen LogP contribution is -2.61. The zero-order chi connectivity index (χ0) is 49.2. The third-order valence-electron chi connectivity index (χ3n) is 15.8. The highest BCUT2D eigenvalue weighted by atomic mass is 16.7. The lowest BCUT2D eigenvalue weighted by Gasteiger charge is -2.45. The molecule has 74 heavy (non-hydrogen) atoms. The highest BCUT2D eigenvalue weighted by Gasteiger charge is 2.46. The van der Waals surface area contributed by atoms with Crippen molar-refractivity contribution in [1.29, 1.82) is 0 Å². The summed E-state index contributed by atoms with van der Waals surface area (Å²) in [6.07, 6.45) is 0. The van der Waals surface area contributed by atoms with Gasteiger partial charge < -0.3 is 28.6 Å². The Morgan fingerprint density at radius 2 is 1.16 bits per heavy atom. The first-order valence-corrected chi connectivity index (χ1v) is 25.5.